The summed E-state index contributed by atoms with van der Waals surface area (Å²) in [4.78, 5) is 15.8. The van der Waals surface area contributed by atoms with Crippen LogP contribution in [0.1, 0.15) is 49.6 Å². The zero-order chi connectivity index (χ0) is 20.9. The van der Waals surface area contributed by atoms with Crippen LogP contribution in [0.25, 0.3) is 11.0 Å². The van der Waals surface area contributed by atoms with Gasteiger partial charge in [0.15, 0.2) is 5.65 Å². The first-order chi connectivity index (χ1) is 14.7. The van der Waals surface area contributed by atoms with E-state index in [1.165, 1.54) is 12.8 Å². The Morgan fingerprint density at radius 2 is 2.03 bits per heavy atom. The molecule has 0 spiro atoms. The molecule has 4 rings (SSSR count). The van der Waals surface area contributed by atoms with Crippen molar-refractivity contribution in [2.24, 2.45) is 0 Å². The third kappa shape index (κ3) is 4.36. The van der Waals surface area contributed by atoms with Crippen LogP contribution >= 0.6 is 0 Å². The summed E-state index contributed by atoms with van der Waals surface area (Å²) in [6.07, 6.45) is 6.35. The predicted octanol–water partition coefficient (Wildman–Crippen LogP) is 3.10. The topological polar surface area (TPSA) is 106 Å². The monoisotopic (exact) mass is 405 g/mol. The molecule has 30 heavy (non-hydrogen) atoms. The van der Waals surface area contributed by atoms with E-state index < -0.39 is 0 Å². The molecule has 0 atom stereocenters. The summed E-state index contributed by atoms with van der Waals surface area (Å²) in [5, 5.41) is 10.3. The van der Waals surface area contributed by atoms with Crippen LogP contribution in [0.2, 0.25) is 0 Å². The summed E-state index contributed by atoms with van der Waals surface area (Å²) in [6.45, 7) is 6.29. The Balaban J connectivity index is 1.58. The van der Waals surface area contributed by atoms with Gasteiger partial charge in [0.05, 0.1) is 24.2 Å². The first kappa shape index (κ1) is 20.1. The molecule has 3 aromatic heterocycles. The second kappa shape index (κ2) is 9.09. The highest BCUT2D eigenvalue weighted by Gasteiger charge is 2.16. The summed E-state index contributed by atoms with van der Waals surface area (Å²) in [6, 6.07) is 8.34. The number of hydrogen-bond acceptors (Lipinski definition) is 7. The fraction of sp³-hybridized carbons (Fsp3) is 0.455. The van der Waals surface area contributed by atoms with Crippen LogP contribution in [-0.4, -0.2) is 44.1 Å². The molecule has 0 radical (unpaired) electrons. The van der Waals surface area contributed by atoms with E-state index in [1.54, 1.807) is 6.07 Å². The fourth-order valence-electron chi connectivity index (χ4n) is 3.75. The molecule has 156 valence electrons. The van der Waals surface area contributed by atoms with Gasteiger partial charge in [0.2, 0.25) is 0 Å². The van der Waals surface area contributed by atoms with Crippen molar-refractivity contribution < 1.29 is 4.74 Å². The maximum atomic E-state index is 9.62. The van der Waals surface area contributed by atoms with Crippen molar-refractivity contribution >= 4 is 16.9 Å². The van der Waals surface area contributed by atoms with E-state index in [0.29, 0.717) is 35.7 Å². The maximum Gasteiger partial charge on any atom is 0.320 e. The van der Waals surface area contributed by atoms with Gasteiger partial charge in [-0.25, -0.2) is 0 Å². The number of nitrogens with two attached hydrogens (primary N) is 1. The smallest absolute Gasteiger partial charge is 0.320 e. The van der Waals surface area contributed by atoms with Gasteiger partial charge in [-0.15, -0.1) is 0 Å². The molecule has 3 aromatic rings. The molecule has 8 heteroatoms. The Kier molecular flexibility index (Phi) is 6.10. The summed E-state index contributed by atoms with van der Waals surface area (Å²) >= 11 is 0. The molecule has 8 nitrogen and oxygen atoms in total. The summed E-state index contributed by atoms with van der Waals surface area (Å²) in [5.41, 5.74) is 9.27. The van der Waals surface area contributed by atoms with Crippen LogP contribution in [0, 0.1) is 11.3 Å². The standard InChI is InChI=1S/C22H27N7O/c1-2-3-10-30-22-26-20(24)19-11-18(12-23)29(21(19)27-22)14-16-6-7-17(25-13-16)15-28-8-4-5-9-28/h6-7,11,13H,2-5,8-10,14-15H2,1H3,(H2,24,26,27). The summed E-state index contributed by atoms with van der Waals surface area (Å²) < 4.78 is 7.49. The van der Waals surface area contributed by atoms with Crippen molar-refractivity contribution in [3.63, 3.8) is 0 Å². The molecule has 0 unspecified atom stereocenters. The minimum absolute atomic E-state index is 0.247. The van der Waals surface area contributed by atoms with Crippen LogP contribution < -0.4 is 10.5 Å². The molecule has 0 aliphatic carbocycles. The number of likely N-dealkylation sites (tertiary alicyclic amines) is 1. The van der Waals surface area contributed by atoms with E-state index >= 15 is 0 Å². The molecule has 4 heterocycles. The molecule has 0 saturated carbocycles. The Bertz CT molecular complexity index is 1050. The first-order valence-electron chi connectivity index (χ1n) is 10.5. The number of nitrogen functional groups attached to an aromatic ring is 1. The molecule has 1 aliphatic heterocycles. The third-order valence-corrected chi connectivity index (χ3v) is 5.42. The van der Waals surface area contributed by atoms with Gasteiger partial charge in [-0.1, -0.05) is 19.4 Å². The number of nitrogens with zero attached hydrogens (tertiary/aromatic N) is 6. The van der Waals surface area contributed by atoms with E-state index in [4.69, 9.17) is 10.5 Å². The second-order valence-corrected chi connectivity index (χ2v) is 7.70. The number of nitriles is 1. The zero-order valence-corrected chi connectivity index (χ0v) is 17.3. The third-order valence-electron chi connectivity index (χ3n) is 5.42. The number of fused-ring (bicyclic) bond motifs is 1. The lowest BCUT2D eigenvalue weighted by molar-refractivity contribution is 0.286. The van der Waals surface area contributed by atoms with Gasteiger partial charge in [0, 0.05) is 12.7 Å². The van der Waals surface area contributed by atoms with E-state index in [0.717, 1.165) is 43.7 Å². The highest BCUT2D eigenvalue weighted by molar-refractivity contribution is 5.88. The average molecular weight is 406 g/mol. The number of hydrogen-bond donors (Lipinski definition) is 1. The first-order valence-corrected chi connectivity index (χ1v) is 10.5. The SMILES string of the molecule is CCCCOc1nc(N)c2cc(C#N)n(Cc3ccc(CN4CCCC4)nc3)c2n1. The lowest BCUT2D eigenvalue weighted by Gasteiger charge is -2.14. The fourth-order valence-corrected chi connectivity index (χ4v) is 3.75. The van der Waals surface area contributed by atoms with E-state index in [2.05, 4.69) is 45.0 Å². The molecule has 0 aromatic carbocycles. The number of pyridine rings is 1. The lowest BCUT2D eigenvalue weighted by Crippen LogP contribution is -2.19. The van der Waals surface area contributed by atoms with Gasteiger partial charge < -0.3 is 15.0 Å². The average Bonchev–Trinajstić information content (AvgIpc) is 3.38. The maximum absolute atomic E-state index is 9.62. The van der Waals surface area contributed by atoms with Crippen LogP contribution in [0.15, 0.2) is 24.4 Å². The van der Waals surface area contributed by atoms with Gasteiger partial charge in [0.25, 0.3) is 0 Å². The molecule has 1 fully saturated rings. The number of anilines is 1. The molecular weight excluding hydrogens is 378 g/mol. The summed E-state index contributed by atoms with van der Waals surface area (Å²) in [7, 11) is 0. The minimum atomic E-state index is 0.247. The van der Waals surface area contributed by atoms with Gasteiger partial charge in [0.1, 0.15) is 17.6 Å². The Labute approximate surface area is 176 Å². The van der Waals surface area contributed by atoms with Crippen LogP contribution in [-0.2, 0) is 13.1 Å². The van der Waals surface area contributed by atoms with Crippen molar-refractivity contribution in [1.29, 1.82) is 5.26 Å². The summed E-state index contributed by atoms with van der Waals surface area (Å²) in [5.74, 6) is 0.320. The molecular formula is C22H27N7O. The molecule has 1 aliphatic rings. The van der Waals surface area contributed by atoms with Crippen molar-refractivity contribution in [2.45, 2.75) is 45.7 Å². The normalized spacial score (nSPS) is 14.3. The van der Waals surface area contributed by atoms with Gasteiger partial charge in [-0.05, 0) is 50.0 Å². The minimum Gasteiger partial charge on any atom is -0.463 e. The quantitative estimate of drug-likeness (QED) is 0.574. The molecule has 0 bridgehead atoms. The van der Waals surface area contributed by atoms with Gasteiger partial charge in [-0.2, -0.15) is 15.2 Å². The Morgan fingerprint density at radius 1 is 1.20 bits per heavy atom. The largest absolute Gasteiger partial charge is 0.463 e. The van der Waals surface area contributed by atoms with Crippen LogP contribution in [0.5, 0.6) is 6.01 Å². The molecule has 2 N–H and O–H groups in total. The van der Waals surface area contributed by atoms with Gasteiger partial charge >= 0.3 is 6.01 Å². The Hall–Kier alpha value is -3.18. The number of ether oxygens (including phenoxy) is 1. The second-order valence-electron chi connectivity index (χ2n) is 7.70. The highest BCUT2D eigenvalue weighted by atomic mass is 16.5. The van der Waals surface area contributed by atoms with E-state index in [9.17, 15) is 5.26 Å². The van der Waals surface area contributed by atoms with E-state index in [-0.39, 0.29) is 6.01 Å². The van der Waals surface area contributed by atoms with Crippen molar-refractivity contribution in [1.82, 2.24) is 24.4 Å². The lowest BCUT2D eigenvalue weighted by atomic mass is 10.2. The highest BCUT2D eigenvalue weighted by Crippen LogP contribution is 2.25. The van der Waals surface area contributed by atoms with Crippen LogP contribution in [0.4, 0.5) is 5.82 Å². The van der Waals surface area contributed by atoms with Crippen molar-refractivity contribution in [3.05, 3.63) is 41.3 Å². The van der Waals surface area contributed by atoms with Gasteiger partial charge in [-0.3, -0.25) is 9.88 Å². The zero-order valence-electron chi connectivity index (χ0n) is 17.3. The predicted molar refractivity (Wildman–Crippen MR) is 115 cm³/mol. The van der Waals surface area contributed by atoms with Crippen LogP contribution in [0.3, 0.4) is 0 Å². The number of rotatable bonds is 8. The Morgan fingerprint density at radius 3 is 2.73 bits per heavy atom. The molecule has 0 amide bonds. The van der Waals surface area contributed by atoms with Crippen molar-refractivity contribution in [2.75, 3.05) is 25.4 Å². The number of unbranched alkanes of at least 4 members (excludes halogenated alkanes) is 1. The number of aromatic nitrogens is 4. The van der Waals surface area contributed by atoms with Crippen molar-refractivity contribution in [3.8, 4) is 12.1 Å². The molecule has 1 saturated heterocycles. The van der Waals surface area contributed by atoms with E-state index in [1.807, 2.05) is 10.8 Å².